The number of benzene rings is 1. The molecule has 0 unspecified atom stereocenters. The van der Waals surface area contributed by atoms with Gasteiger partial charge in [0.1, 0.15) is 0 Å². The quantitative estimate of drug-likeness (QED) is 0.852. The van der Waals surface area contributed by atoms with Crippen LogP contribution < -0.4 is 15.5 Å². The molecule has 2 aliphatic rings. The summed E-state index contributed by atoms with van der Waals surface area (Å²) in [6.45, 7) is 1.06. The molecule has 5 heteroatoms. The van der Waals surface area contributed by atoms with E-state index in [1.807, 2.05) is 23.1 Å². The van der Waals surface area contributed by atoms with E-state index in [0.29, 0.717) is 0 Å². The summed E-state index contributed by atoms with van der Waals surface area (Å²) >= 11 is 0. The number of rotatable bonds is 3. The van der Waals surface area contributed by atoms with Gasteiger partial charge in [-0.1, -0.05) is 18.2 Å². The summed E-state index contributed by atoms with van der Waals surface area (Å²) in [5.74, 6) is -0.255. The number of carbonyl (C=O) groups excluding carboxylic acids is 2. The first-order valence-corrected chi connectivity index (χ1v) is 6.65. The average molecular weight is 259 g/mol. The third-order valence-corrected chi connectivity index (χ3v) is 3.48. The highest BCUT2D eigenvalue weighted by molar-refractivity contribution is 5.96. The van der Waals surface area contributed by atoms with Crippen molar-refractivity contribution < 1.29 is 9.59 Å². The molecule has 0 atom stereocenters. The van der Waals surface area contributed by atoms with Crippen molar-refractivity contribution in [2.45, 2.75) is 25.3 Å². The van der Waals surface area contributed by atoms with E-state index in [1.165, 1.54) is 5.56 Å². The molecule has 3 rings (SSSR count). The number of nitrogens with zero attached hydrogens (tertiary/aromatic N) is 1. The highest BCUT2D eigenvalue weighted by Gasteiger charge is 2.25. The molecular formula is C14H17N3O2. The van der Waals surface area contributed by atoms with Crippen LogP contribution in [0.1, 0.15) is 18.4 Å². The molecule has 0 bridgehead atoms. The molecule has 1 aromatic carbocycles. The van der Waals surface area contributed by atoms with Crippen LogP contribution in [0.5, 0.6) is 0 Å². The van der Waals surface area contributed by atoms with Gasteiger partial charge in [-0.05, 0) is 30.9 Å². The van der Waals surface area contributed by atoms with Gasteiger partial charge in [-0.15, -0.1) is 0 Å². The molecule has 0 saturated heterocycles. The summed E-state index contributed by atoms with van der Waals surface area (Å²) in [6, 6.07) is 7.95. The van der Waals surface area contributed by atoms with Gasteiger partial charge in [-0.25, -0.2) is 4.79 Å². The standard InChI is InChI=1S/C14H17N3O2/c18-13(16-14(19)15-11-5-6-11)9-17-8-7-10-3-1-2-4-12(10)17/h1-4,11H,5-9H2,(H2,15,16,18,19). The zero-order chi connectivity index (χ0) is 13.2. The Kier molecular flexibility index (Phi) is 3.11. The van der Waals surface area contributed by atoms with Crippen LogP contribution in [0.15, 0.2) is 24.3 Å². The molecule has 100 valence electrons. The third kappa shape index (κ3) is 2.86. The van der Waals surface area contributed by atoms with Crippen LogP contribution in [0.3, 0.4) is 0 Å². The van der Waals surface area contributed by atoms with Crippen molar-refractivity contribution in [2.75, 3.05) is 18.0 Å². The summed E-state index contributed by atoms with van der Waals surface area (Å²) < 4.78 is 0. The SMILES string of the molecule is O=C(CN1CCc2ccccc21)NC(=O)NC1CC1. The Hall–Kier alpha value is -2.04. The zero-order valence-corrected chi connectivity index (χ0v) is 10.7. The molecule has 0 radical (unpaired) electrons. The first-order chi connectivity index (χ1) is 9.22. The van der Waals surface area contributed by atoms with E-state index in [2.05, 4.69) is 16.7 Å². The Balaban J connectivity index is 1.54. The molecule has 3 amide bonds. The molecule has 0 aromatic heterocycles. The van der Waals surface area contributed by atoms with Crippen molar-refractivity contribution in [3.8, 4) is 0 Å². The molecule has 2 N–H and O–H groups in total. The van der Waals surface area contributed by atoms with E-state index in [9.17, 15) is 9.59 Å². The molecule has 1 aromatic rings. The largest absolute Gasteiger partial charge is 0.362 e. The lowest BCUT2D eigenvalue weighted by Crippen LogP contribution is -2.44. The third-order valence-electron chi connectivity index (χ3n) is 3.48. The fourth-order valence-electron chi connectivity index (χ4n) is 2.36. The van der Waals surface area contributed by atoms with Crippen LogP contribution in [0, 0.1) is 0 Å². The molecule has 1 heterocycles. The Bertz CT molecular complexity index is 511. The number of hydrogen-bond donors (Lipinski definition) is 2. The van der Waals surface area contributed by atoms with Crippen LogP contribution >= 0.6 is 0 Å². The molecular weight excluding hydrogens is 242 g/mol. The minimum absolute atomic E-state index is 0.231. The second-order valence-electron chi connectivity index (χ2n) is 5.10. The van der Waals surface area contributed by atoms with Crippen LogP contribution in [-0.2, 0) is 11.2 Å². The maximum Gasteiger partial charge on any atom is 0.321 e. The first-order valence-electron chi connectivity index (χ1n) is 6.65. The maximum atomic E-state index is 11.8. The monoisotopic (exact) mass is 259 g/mol. The smallest absolute Gasteiger partial charge is 0.321 e. The van der Waals surface area contributed by atoms with Gasteiger partial charge < -0.3 is 10.2 Å². The zero-order valence-electron chi connectivity index (χ0n) is 10.7. The predicted molar refractivity (Wildman–Crippen MR) is 72.1 cm³/mol. The summed E-state index contributed by atoms with van der Waals surface area (Å²) in [5, 5.41) is 5.12. The van der Waals surface area contributed by atoms with Gasteiger partial charge >= 0.3 is 6.03 Å². The number of imide groups is 1. The molecule has 1 aliphatic carbocycles. The van der Waals surface area contributed by atoms with Gasteiger partial charge in [0.15, 0.2) is 0 Å². The number of nitrogens with one attached hydrogen (secondary N) is 2. The normalized spacial score (nSPS) is 16.9. The predicted octanol–water partition coefficient (Wildman–Crippen LogP) is 1.04. The van der Waals surface area contributed by atoms with Crippen molar-refractivity contribution in [2.24, 2.45) is 0 Å². The van der Waals surface area contributed by atoms with Gasteiger partial charge in [0, 0.05) is 18.3 Å². The summed E-state index contributed by atoms with van der Waals surface area (Å²) in [5.41, 5.74) is 2.36. The van der Waals surface area contributed by atoms with E-state index in [1.54, 1.807) is 0 Å². The van der Waals surface area contributed by atoms with Crippen molar-refractivity contribution >= 4 is 17.6 Å². The average Bonchev–Trinajstić information content (AvgIpc) is 3.10. The first kappa shape index (κ1) is 12.0. The van der Waals surface area contributed by atoms with E-state index in [-0.39, 0.29) is 24.5 Å². The van der Waals surface area contributed by atoms with Gasteiger partial charge in [0.05, 0.1) is 6.54 Å². The van der Waals surface area contributed by atoms with Crippen molar-refractivity contribution in [3.05, 3.63) is 29.8 Å². The Morgan fingerprint density at radius 1 is 1.26 bits per heavy atom. The van der Waals surface area contributed by atoms with E-state index < -0.39 is 0 Å². The van der Waals surface area contributed by atoms with Crippen LogP contribution in [0.4, 0.5) is 10.5 Å². The number of anilines is 1. The van der Waals surface area contributed by atoms with Crippen LogP contribution in [0.2, 0.25) is 0 Å². The van der Waals surface area contributed by atoms with Gasteiger partial charge in [-0.3, -0.25) is 10.1 Å². The minimum atomic E-state index is -0.375. The number of fused-ring (bicyclic) bond motifs is 1. The lowest BCUT2D eigenvalue weighted by atomic mass is 10.2. The van der Waals surface area contributed by atoms with Crippen molar-refractivity contribution in [1.29, 1.82) is 0 Å². The lowest BCUT2D eigenvalue weighted by molar-refractivity contribution is -0.118. The highest BCUT2D eigenvalue weighted by atomic mass is 16.2. The molecule has 1 saturated carbocycles. The fraction of sp³-hybridized carbons (Fsp3) is 0.429. The second-order valence-corrected chi connectivity index (χ2v) is 5.10. The Morgan fingerprint density at radius 2 is 2.05 bits per heavy atom. The fourth-order valence-corrected chi connectivity index (χ4v) is 2.36. The maximum absolute atomic E-state index is 11.8. The Morgan fingerprint density at radius 3 is 2.84 bits per heavy atom. The molecule has 1 fully saturated rings. The molecule has 5 nitrogen and oxygen atoms in total. The molecule has 1 aliphatic heterocycles. The van der Waals surface area contributed by atoms with Crippen LogP contribution in [-0.4, -0.2) is 31.1 Å². The number of urea groups is 1. The Labute approximate surface area is 112 Å². The second kappa shape index (κ2) is 4.91. The van der Waals surface area contributed by atoms with E-state index in [4.69, 9.17) is 0 Å². The van der Waals surface area contributed by atoms with Crippen molar-refractivity contribution in [3.63, 3.8) is 0 Å². The number of amides is 3. The van der Waals surface area contributed by atoms with Gasteiger partial charge in [-0.2, -0.15) is 0 Å². The summed E-state index contributed by atoms with van der Waals surface area (Å²) in [7, 11) is 0. The number of para-hydroxylation sites is 1. The topological polar surface area (TPSA) is 61.4 Å². The minimum Gasteiger partial charge on any atom is -0.362 e. The summed E-state index contributed by atoms with van der Waals surface area (Å²) in [6.07, 6.45) is 2.99. The van der Waals surface area contributed by atoms with Gasteiger partial charge in [0.2, 0.25) is 5.91 Å². The van der Waals surface area contributed by atoms with Crippen molar-refractivity contribution in [1.82, 2.24) is 10.6 Å². The highest BCUT2D eigenvalue weighted by Crippen LogP contribution is 2.26. The van der Waals surface area contributed by atoms with E-state index in [0.717, 1.165) is 31.5 Å². The summed E-state index contributed by atoms with van der Waals surface area (Å²) in [4.78, 5) is 25.3. The molecule has 0 spiro atoms. The number of hydrogen-bond acceptors (Lipinski definition) is 3. The lowest BCUT2D eigenvalue weighted by Gasteiger charge is -2.18. The van der Waals surface area contributed by atoms with Crippen LogP contribution in [0.25, 0.3) is 0 Å². The molecule has 19 heavy (non-hydrogen) atoms. The van der Waals surface area contributed by atoms with E-state index >= 15 is 0 Å². The number of carbonyl (C=O) groups is 2. The van der Waals surface area contributed by atoms with Gasteiger partial charge in [0.25, 0.3) is 0 Å².